The minimum absolute atomic E-state index is 0.144. The van der Waals surface area contributed by atoms with E-state index < -0.39 is 0 Å². The molecule has 2 amide bonds. The number of hydrogen-bond acceptors (Lipinski definition) is 10. The molecule has 0 saturated carbocycles. The van der Waals surface area contributed by atoms with Crippen molar-refractivity contribution in [3.8, 4) is 0 Å². The number of likely N-dealkylation sites (tertiary alicyclic amines) is 2. The van der Waals surface area contributed by atoms with E-state index in [1.807, 2.05) is 70.5 Å². The fraction of sp³-hybridized carbons (Fsp3) is 0.409. The number of nitrogens with zero attached hydrogens (tertiary/aromatic N) is 8. The minimum atomic E-state index is 0.144. The average molecular weight is 785 g/mol. The zero-order valence-corrected chi connectivity index (χ0v) is 33.4. The molecule has 2 fully saturated rings. The first-order valence-electron chi connectivity index (χ1n) is 19.6. The molecule has 0 atom stereocenters. The first-order valence-corrected chi connectivity index (χ1v) is 20.4. The van der Waals surface area contributed by atoms with Crippen LogP contribution in [0.4, 0.5) is 11.4 Å². The summed E-state index contributed by atoms with van der Waals surface area (Å²) in [5.74, 6) is 1.37. The van der Waals surface area contributed by atoms with Gasteiger partial charge in [0.15, 0.2) is 0 Å². The van der Waals surface area contributed by atoms with Gasteiger partial charge in [0.1, 0.15) is 0 Å². The Labute approximate surface area is 340 Å². The van der Waals surface area contributed by atoms with Crippen LogP contribution in [0.3, 0.4) is 0 Å². The third-order valence-electron chi connectivity index (χ3n) is 11.2. The van der Waals surface area contributed by atoms with Gasteiger partial charge in [0.25, 0.3) is 0 Å². The van der Waals surface area contributed by atoms with E-state index in [1.165, 1.54) is 11.1 Å². The quantitative estimate of drug-likeness (QED) is 0.123. The summed E-state index contributed by atoms with van der Waals surface area (Å²) in [5, 5.41) is 4.84. The number of rotatable bonds is 10. The summed E-state index contributed by atoms with van der Waals surface area (Å²) in [6, 6.07) is 28.5. The van der Waals surface area contributed by atoms with Gasteiger partial charge in [-0.3, -0.25) is 29.4 Å². The Morgan fingerprint density at radius 1 is 0.554 bits per heavy atom. The van der Waals surface area contributed by atoms with Crippen LogP contribution in [0.15, 0.2) is 94.9 Å². The Balaban J connectivity index is 0.939. The number of amides is 2. The molecule has 10 nitrogen and oxygen atoms in total. The van der Waals surface area contributed by atoms with Gasteiger partial charge in [0.2, 0.25) is 11.8 Å². The molecule has 12 heteroatoms. The van der Waals surface area contributed by atoms with Gasteiger partial charge in [-0.25, -0.2) is 0 Å². The molecule has 2 aromatic carbocycles. The normalized spacial score (nSPS) is 17.2. The lowest BCUT2D eigenvalue weighted by Gasteiger charge is -2.34. The maximum atomic E-state index is 13.7. The van der Waals surface area contributed by atoms with Crippen LogP contribution < -0.4 is 0 Å². The van der Waals surface area contributed by atoms with Crippen molar-refractivity contribution in [3.05, 3.63) is 119 Å². The topological polar surface area (TPSA) is 97.6 Å². The van der Waals surface area contributed by atoms with Gasteiger partial charge < -0.3 is 9.80 Å². The number of aliphatic imine (C=N–C) groups is 2. The standard InChI is InChI=1S/C44H48N8O2S2/c53-43(51-19-15-35(16-20-51)23-33-7-11-37(12-8-33)45-31-55)29-49-25-39-3-1-4-40(47-39)26-50(28-42-6-2-5-41(27-49)48-42)30-44(54)52-21-17-36(18-22-52)24-34-9-13-38(14-10-34)46-32-56/h1-14,35-36H,15-30H2. The lowest BCUT2D eigenvalue weighted by Crippen LogP contribution is -2.44. The molecule has 4 aromatic rings. The SMILES string of the molecule is O=C(CN1Cc2cccc(n2)CN(CC(=O)N2CCC(Cc3ccc(N=C=S)cc3)CC2)Cc2cccc(n2)C1)N1CCC(Cc2ccc(N=C=S)cc2)CC1. The highest BCUT2D eigenvalue weighted by Crippen LogP contribution is 2.26. The molecule has 2 aromatic heterocycles. The van der Waals surface area contributed by atoms with E-state index in [0.29, 0.717) is 51.1 Å². The molecule has 0 unspecified atom stereocenters. The van der Waals surface area contributed by atoms with Crippen molar-refractivity contribution in [3.63, 3.8) is 0 Å². The maximum Gasteiger partial charge on any atom is 0.236 e. The second-order valence-corrected chi connectivity index (χ2v) is 15.7. The Morgan fingerprint density at radius 2 is 0.893 bits per heavy atom. The van der Waals surface area contributed by atoms with Gasteiger partial charge in [-0.1, -0.05) is 36.4 Å². The summed E-state index contributed by atoms with van der Waals surface area (Å²) in [6.07, 6.45) is 5.92. The molecule has 0 N–H and O–H groups in total. The second kappa shape index (κ2) is 19.4. The van der Waals surface area contributed by atoms with Crippen LogP contribution in [0.25, 0.3) is 0 Å². The number of carbonyl (C=O) groups excluding carboxylic acids is 2. The summed E-state index contributed by atoms with van der Waals surface area (Å²) in [5.41, 5.74) is 7.82. The summed E-state index contributed by atoms with van der Waals surface area (Å²) in [7, 11) is 0. The molecule has 288 valence electrons. The fourth-order valence-corrected chi connectivity index (χ4v) is 8.41. The van der Waals surface area contributed by atoms with Crippen molar-refractivity contribution in [2.24, 2.45) is 21.8 Å². The highest BCUT2D eigenvalue weighted by molar-refractivity contribution is 7.78. The zero-order valence-electron chi connectivity index (χ0n) is 31.8. The van der Waals surface area contributed by atoms with Crippen LogP contribution in [-0.2, 0) is 48.6 Å². The summed E-state index contributed by atoms with van der Waals surface area (Å²) >= 11 is 9.43. The van der Waals surface area contributed by atoms with Crippen molar-refractivity contribution in [2.75, 3.05) is 39.3 Å². The number of isothiocyanates is 2. The second-order valence-electron chi connectivity index (χ2n) is 15.3. The van der Waals surface area contributed by atoms with E-state index in [4.69, 9.17) is 34.4 Å². The molecule has 7 rings (SSSR count). The summed E-state index contributed by atoms with van der Waals surface area (Å²) < 4.78 is 0. The molecule has 0 aliphatic carbocycles. The Morgan fingerprint density at radius 3 is 1.21 bits per heavy atom. The smallest absolute Gasteiger partial charge is 0.236 e. The van der Waals surface area contributed by atoms with Crippen LogP contribution in [-0.4, -0.2) is 91.0 Å². The molecular formula is C44H48N8O2S2. The Bertz CT molecular complexity index is 1870. The van der Waals surface area contributed by atoms with Crippen LogP contribution >= 0.6 is 24.4 Å². The van der Waals surface area contributed by atoms with Crippen LogP contribution in [0.2, 0.25) is 0 Å². The molecule has 3 aliphatic heterocycles. The van der Waals surface area contributed by atoms with E-state index in [1.54, 1.807) is 0 Å². The number of benzene rings is 2. The zero-order chi connectivity index (χ0) is 38.7. The number of carbonyl (C=O) groups is 2. The summed E-state index contributed by atoms with van der Waals surface area (Å²) in [4.78, 5) is 54.0. The van der Waals surface area contributed by atoms with Crippen LogP contribution in [0.1, 0.15) is 59.6 Å². The predicted molar refractivity (Wildman–Crippen MR) is 225 cm³/mol. The van der Waals surface area contributed by atoms with E-state index in [2.05, 4.69) is 54.4 Å². The van der Waals surface area contributed by atoms with E-state index in [-0.39, 0.29) is 11.8 Å². The molecule has 0 spiro atoms. The number of thiocarbonyl (C=S) groups is 2. The Kier molecular flexibility index (Phi) is 13.6. The number of pyridine rings is 2. The highest BCUT2D eigenvalue weighted by atomic mass is 32.1. The molecule has 4 bridgehead atoms. The fourth-order valence-electron chi connectivity index (χ4n) is 8.20. The van der Waals surface area contributed by atoms with Gasteiger partial charge in [-0.05, 0) is 134 Å². The van der Waals surface area contributed by atoms with Crippen molar-refractivity contribution in [2.45, 2.75) is 64.7 Å². The molecule has 3 aliphatic rings. The van der Waals surface area contributed by atoms with Crippen molar-refractivity contribution in [1.29, 1.82) is 0 Å². The first kappa shape index (κ1) is 39.4. The molecule has 2 saturated heterocycles. The first-order chi connectivity index (χ1) is 27.4. The Hall–Kier alpha value is -4.80. The summed E-state index contributed by atoms with van der Waals surface area (Å²) in [6.45, 7) is 5.79. The van der Waals surface area contributed by atoms with Gasteiger partial charge in [-0.2, -0.15) is 9.98 Å². The molecular weight excluding hydrogens is 737 g/mol. The minimum Gasteiger partial charge on any atom is -0.342 e. The van der Waals surface area contributed by atoms with Gasteiger partial charge in [0.05, 0.1) is 57.6 Å². The van der Waals surface area contributed by atoms with Gasteiger partial charge >= 0.3 is 0 Å². The van der Waals surface area contributed by atoms with E-state index in [0.717, 1.165) is 98.9 Å². The number of piperidine rings is 2. The van der Waals surface area contributed by atoms with Crippen molar-refractivity contribution >= 4 is 57.9 Å². The van der Waals surface area contributed by atoms with Crippen molar-refractivity contribution < 1.29 is 9.59 Å². The monoisotopic (exact) mass is 784 g/mol. The van der Waals surface area contributed by atoms with Crippen molar-refractivity contribution in [1.82, 2.24) is 29.6 Å². The lowest BCUT2D eigenvalue weighted by atomic mass is 9.90. The molecule has 5 heterocycles. The molecule has 0 radical (unpaired) electrons. The van der Waals surface area contributed by atoms with Crippen LogP contribution in [0, 0.1) is 11.8 Å². The number of fused-ring (bicyclic) bond motifs is 4. The third kappa shape index (κ3) is 11.2. The predicted octanol–water partition coefficient (Wildman–Crippen LogP) is 7.23. The third-order valence-corrected chi connectivity index (χ3v) is 11.4. The largest absolute Gasteiger partial charge is 0.342 e. The van der Waals surface area contributed by atoms with Gasteiger partial charge in [-0.15, -0.1) is 0 Å². The van der Waals surface area contributed by atoms with Gasteiger partial charge in [0, 0.05) is 52.4 Å². The number of aromatic nitrogens is 2. The van der Waals surface area contributed by atoms with E-state index in [9.17, 15) is 9.59 Å². The number of hydrogen-bond donors (Lipinski definition) is 0. The maximum absolute atomic E-state index is 13.7. The van der Waals surface area contributed by atoms with E-state index >= 15 is 0 Å². The lowest BCUT2D eigenvalue weighted by molar-refractivity contribution is -0.134. The van der Waals surface area contributed by atoms with Crippen LogP contribution in [0.5, 0.6) is 0 Å². The molecule has 56 heavy (non-hydrogen) atoms. The highest BCUT2D eigenvalue weighted by Gasteiger charge is 2.27. The average Bonchev–Trinajstić information content (AvgIpc) is 3.20.